The summed E-state index contributed by atoms with van der Waals surface area (Å²) in [5.41, 5.74) is 7.30. The lowest BCUT2D eigenvalue weighted by Crippen LogP contribution is -2.44. The first-order valence-corrected chi connectivity index (χ1v) is 12.7. The van der Waals surface area contributed by atoms with Gasteiger partial charge in [0.25, 0.3) is 5.56 Å². The maximum absolute atomic E-state index is 13.6. The first-order valence-electron chi connectivity index (χ1n) is 12.4. The first-order chi connectivity index (χ1) is 18.7. The van der Waals surface area contributed by atoms with Gasteiger partial charge in [0, 0.05) is 48.0 Å². The average Bonchev–Trinajstić information content (AvgIpc) is 3.28. The van der Waals surface area contributed by atoms with Gasteiger partial charge in [0.15, 0.2) is 0 Å². The Bertz CT molecular complexity index is 1520. The molecule has 2 atom stereocenters. The topological polar surface area (TPSA) is 112 Å². The minimum absolute atomic E-state index is 0.119. The second-order valence-corrected chi connectivity index (χ2v) is 9.84. The van der Waals surface area contributed by atoms with Crippen LogP contribution in [0.5, 0.6) is 5.75 Å². The Morgan fingerprint density at radius 1 is 1.31 bits per heavy atom. The van der Waals surface area contributed by atoms with E-state index in [9.17, 15) is 18.4 Å². The van der Waals surface area contributed by atoms with Crippen LogP contribution in [0.15, 0.2) is 52.4 Å². The zero-order valence-corrected chi connectivity index (χ0v) is 21.8. The van der Waals surface area contributed by atoms with Gasteiger partial charge < -0.3 is 20.1 Å². The van der Waals surface area contributed by atoms with Crippen molar-refractivity contribution in [3.05, 3.63) is 74.9 Å². The molecule has 204 valence electrons. The van der Waals surface area contributed by atoms with Crippen molar-refractivity contribution in [2.24, 2.45) is 10.7 Å². The summed E-state index contributed by atoms with van der Waals surface area (Å²) in [5, 5.41) is 0.889. The number of ether oxygens (including phenoxy) is 2. The molecule has 0 aliphatic carbocycles. The number of piperidine rings is 1. The number of halogens is 3. The number of carbonyl (C=O) groups is 1. The standard InChI is InChI=1S/C27H26ClF2N5O4/c1-15-33-23-9-21(17(11-31)12-32-26(29)30)24(39-20-6-7-34-19(8-20)14-38-27(34)37)10-22(23)25(36)35(15)13-16-2-4-18(28)5-3-16/h2-5,9-12,19-20,26H,6-8,13-14,31H2,1H3/b17-11+,32-12+/t19-,20-/m0/s1. The van der Waals surface area contributed by atoms with E-state index >= 15 is 0 Å². The highest BCUT2D eigenvalue weighted by molar-refractivity contribution is 6.30. The second kappa shape index (κ2) is 11.0. The molecule has 2 aromatic carbocycles. The van der Waals surface area contributed by atoms with Crippen molar-refractivity contribution in [1.29, 1.82) is 0 Å². The van der Waals surface area contributed by atoms with Crippen molar-refractivity contribution in [2.75, 3.05) is 13.2 Å². The number of nitrogens with two attached hydrogens (primary N) is 1. The lowest BCUT2D eigenvalue weighted by Gasteiger charge is -2.33. The van der Waals surface area contributed by atoms with Crippen LogP contribution < -0.4 is 16.0 Å². The molecule has 1 amide bonds. The molecule has 0 spiro atoms. The third kappa shape index (κ3) is 5.58. The molecule has 2 aliphatic heterocycles. The molecule has 12 heteroatoms. The Kier molecular flexibility index (Phi) is 7.51. The average molecular weight is 558 g/mol. The third-order valence-electron chi connectivity index (χ3n) is 6.91. The summed E-state index contributed by atoms with van der Waals surface area (Å²) in [7, 11) is 0. The minimum atomic E-state index is -2.92. The van der Waals surface area contributed by atoms with Crippen LogP contribution in [0.25, 0.3) is 16.5 Å². The molecule has 2 aliphatic rings. The van der Waals surface area contributed by atoms with Gasteiger partial charge in [-0.05, 0) is 36.8 Å². The molecule has 0 radical (unpaired) electrons. The summed E-state index contributed by atoms with van der Waals surface area (Å²) < 4.78 is 38.8. The van der Waals surface area contributed by atoms with Crippen LogP contribution in [0.4, 0.5) is 13.6 Å². The molecule has 2 fully saturated rings. The summed E-state index contributed by atoms with van der Waals surface area (Å²) in [6.45, 7) is -0.187. The third-order valence-corrected chi connectivity index (χ3v) is 7.16. The Hall–Kier alpha value is -3.99. The molecule has 3 heterocycles. The van der Waals surface area contributed by atoms with Gasteiger partial charge in [-0.3, -0.25) is 9.36 Å². The number of allylic oxidation sites excluding steroid dienone is 1. The van der Waals surface area contributed by atoms with Crippen LogP contribution in [0.3, 0.4) is 0 Å². The van der Waals surface area contributed by atoms with E-state index in [4.69, 9.17) is 26.8 Å². The van der Waals surface area contributed by atoms with Gasteiger partial charge in [-0.2, -0.15) is 8.78 Å². The lowest BCUT2D eigenvalue weighted by molar-refractivity contribution is 0.0935. The predicted molar refractivity (Wildman–Crippen MR) is 143 cm³/mol. The van der Waals surface area contributed by atoms with Gasteiger partial charge in [0.2, 0.25) is 0 Å². The highest BCUT2D eigenvalue weighted by atomic mass is 35.5. The highest BCUT2D eigenvalue weighted by Gasteiger charge is 2.39. The van der Waals surface area contributed by atoms with Gasteiger partial charge >= 0.3 is 12.6 Å². The number of aliphatic imine (C=N–C) groups is 1. The van der Waals surface area contributed by atoms with E-state index in [1.54, 1.807) is 40.7 Å². The maximum atomic E-state index is 13.6. The lowest BCUT2D eigenvalue weighted by atomic mass is 10.00. The minimum Gasteiger partial charge on any atom is -0.490 e. The highest BCUT2D eigenvalue weighted by Crippen LogP contribution is 2.33. The molecular formula is C27H26ClF2N5O4. The molecule has 2 saturated heterocycles. The smallest absolute Gasteiger partial charge is 0.410 e. The van der Waals surface area contributed by atoms with Crippen LogP contribution in [-0.2, 0) is 11.3 Å². The van der Waals surface area contributed by atoms with Crippen LogP contribution in [-0.4, -0.2) is 58.6 Å². The molecule has 9 nitrogen and oxygen atoms in total. The maximum Gasteiger partial charge on any atom is 0.410 e. The number of amides is 1. The Labute approximate surface area is 227 Å². The number of fused-ring (bicyclic) bond motifs is 2. The van der Waals surface area contributed by atoms with Crippen molar-refractivity contribution in [3.8, 4) is 5.75 Å². The summed E-state index contributed by atoms with van der Waals surface area (Å²) in [6, 6.07) is 10.2. The van der Waals surface area contributed by atoms with Crippen molar-refractivity contribution in [3.63, 3.8) is 0 Å². The number of alkyl halides is 2. The summed E-state index contributed by atoms with van der Waals surface area (Å²) in [5.74, 6) is 0.754. The van der Waals surface area contributed by atoms with Crippen LogP contribution in [0.2, 0.25) is 5.02 Å². The van der Waals surface area contributed by atoms with Gasteiger partial charge in [-0.25, -0.2) is 14.8 Å². The fourth-order valence-corrected chi connectivity index (χ4v) is 5.06. The van der Waals surface area contributed by atoms with E-state index in [2.05, 4.69) is 9.98 Å². The van der Waals surface area contributed by atoms with Gasteiger partial charge in [-0.1, -0.05) is 23.7 Å². The Balaban J connectivity index is 1.56. The monoisotopic (exact) mass is 557 g/mol. The molecule has 2 N–H and O–H groups in total. The zero-order chi connectivity index (χ0) is 27.7. The van der Waals surface area contributed by atoms with Crippen LogP contribution in [0.1, 0.15) is 29.8 Å². The number of carbonyl (C=O) groups excluding carboxylic acids is 1. The van der Waals surface area contributed by atoms with E-state index < -0.39 is 6.55 Å². The van der Waals surface area contributed by atoms with Crippen LogP contribution >= 0.6 is 11.6 Å². The van der Waals surface area contributed by atoms with Crippen molar-refractivity contribution >= 4 is 40.4 Å². The predicted octanol–water partition coefficient (Wildman–Crippen LogP) is 4.36. The molecule has 3 aromatic rings. The fraction of sp³-hybridized carbons (Fsp3) is 0.333. The summed E-state index contributed by atoms with van der Waals surface area (Å²) in [6.07, 6.45) is 2.52. The summed E-state index contributed by atoms with van der Waals surface area (Å²) in [4.78, 5) is 35.0. The first kappa shape index (κ1) is 26.6. The number of benzene rings is 2. The number of nitrogens with zero attached hydrogens (tertiary/aromatic N) is 4. The fourth-order valence-electron chi connectivity index (χ4n) is 4.93. The Morgan fingerprint density at radius 2 is 2.08 bits per heavy atom. The molecular weight excluding hydrogens is 532 g/mol. The number of cyclic esters (lactones) is 1. The molecule has 0 bridgehead atoms. The Morgan fingerprint density at radius 3 is 2.79 bits per heavy atom. The number of aryl methyl sites for hydroxylation is 1. The molecule has 39 heavy (non-hydrogen) atoms. The molecule has 0 unspecified atom stereocenters. The van der Waals surface area contributed by atoms with Crippen LogP contribution in [0, 0.1) is 6.92 Å². The second-order valence-electron chi connectivity index (χ2n) is 9.41. The van der Waals surface area contributed by atoms with Gasteiger partial charge in [0.05, 0.1) is 23.5 Å². The van der Waals surface area contributed by atoms with E-state index in [-0.39, 0.29) is 48.3 Å². The van der Waals surface area contributed by atoms with E-state index in [1.807, 2.05) is 12.1 Å². The quantitative estimate of drug-likeness (QED) is 0.341. The van der Waals surface area contributed by atoms with Gasteiger partial charge in [0.1, 0.15) is 24.3 Å². The SMILES string of the molecule is Cc1nc2cc(C(=C/N)/C=N/C(F)F)c(O[C@H]3CCN4C(=O)OC[C@@H]4C3)cc2c(=O)n1Cc1ccc(Cl)cc1. The van der Waals surface area contributed by atoms with Crippen molar-refractivity contribution in [2.45, 2.75) is 45.0 Å². The van der Waals surface area contributed by atoms with E-state index in [0.29, 0.717) is 46.7 Å². The molecule has 0 saturated carbocycles. The van der Waals surface area contributed by atoms with E-state index in [1.165, 1.54) is 0 Å². The largest absolute Gasteiger partial charge is 0.490 e. The van der Waals surface area contributed by atoms with Crippen molar-refractivity contribution < 1.29 is 23.0 Å². The number of hydrogen-bond donors (Lipinski definition) is 1. The normalized spacial score (nSPS) is 19.7. The zero-order valence-electron chi connectivity index (χ0n) is 21.0. The van der Waals surface area contributed by atoms with E-state index in [0.717, 1.165) is 18.0 Å². The van der Waals surface area contributed by atoms with Gasteiger partial charge in [-0.15, -0.1) is 0 Å². The summed E-state index contributed by atoms with van der Waals surface area (Å²) >= 11 is 6.00. The number of aromatic nitrogens is 2. The molecule has 1 aromatic heterocycles. The number of hydrogen-bond acceptors (Lipinski definition) is 7. The molecule has 5 rings (SSSR count). The number of rotatable bonds is 7. The van der Waals surface area contributed by atoms with Crippen molar-refractivity contribution in [1.82, 2.24) is 14.5 Å².